The Hall–Kier alpha value is -0.140. The maximum atomic E-state index is 12.2. The van der Waals surface area contributed by atoms with Crippen molar-refractivity contribution in [1.82, 2.24) is 0 Å². The molecule has 0 aromatic heterocycles. The van der Waals surface area contributed by atoms with Crippen molar-refractivity contribution in [3.63, 3.8) is 0 Å². The summed E-state index contributed by atoms with van der Waals surface area (Å²) in [6, 6.07) is 4.09. The van der Waals surface area contributed by atoms with Gasteiger partial charge in [-0.25, -0.2) is 0 Å². The lowest BCUT2D eigenvalue weighted by molar-refractivity contribution is -0.116. The zero-order valence-corrected chi connectivity index (χ0v) is 11.9. The van der Waals surface area contributed by atoms with Crippen LogP contribution in [-0.2, 0) is 4.79 Å². The van der Waals surface area contributed by atoms with Crippen LogP contribution in [0.2, 0.25) is 0 Å². The number of ketones is 1. The van der Waals surface area contributed by atoms with Gasteiger partial charge in [0.25, 0.3) is 0 Å². The van der Waals surface area contributed by atoms with Crippen molar-refractivity contribution in [2.24, 2.45) is 0 Å². The number of carbonyl (C=O) groups is 1. The van der Waals surface area contributed by atoms with Gasteiger partial charge in [-0.1, -0.05) is 15.9 Å². The fraction of sp³-hybridized carbons (Fsp3) is 0.300. The minimum absolute atomic E-state index is 0.0380. The highest BCUT2D eigenvalue weighted by atomic mass is 79.9. The molecule has 0 aliphatic rings. The SMILES string of the molecule is CC(=O)C(Br)c1cc(SC(F)(F)F)ccc1S. The van der Waals surface area contributed by atoms with Crippen molar-refractivity contribution >= 4 is 46.1 Å². The number of thiol groups is 1. The molecule has 0 spiro atoms. The van der Waals surface area contributed by atoms with Crippen molar-refractivity contribution in [1.29, 1.82) is 0 Å². The van der Waals surface area contributed by atoms with Gasteiger partial charge in [0.05, 0.1) is 4.83 Å². The van der Waals surface area contributed by atoms with Crippen LogP contribution in [0.3, 0.4) is 0 Å². The van der Waals surface area contributed by atoms with Crippen LogP contribution in [-0.4, -0.2) is 11.3 Å². The number of benzene rings is 1. The predicted molar refractivity (Wildman–Crippen MR) is 68.0 cm³/mol. The smallest absolute Gasteiger partial charge is 0.298 e. The molecule has 0 aliphatic heterocycles. The minimum Gasteiger partial charge on any atom is -0.298 e. The Morgan fingerprint density at radius 1 is 1.47 bits per heavy atom. The van der Waals surface area contributed by atoms with E-state index in [1.54, 1.807) is 0 Å². The van der Waals surface area contributed by atoms with Gasteiger partial charge in [0.2, 0.25) is 0 Å². The molecule has 0 radical (unpaired) electrons. The molecule has 1 unspecified atom stereocenters. The summed E-state index contributed by atoms with van der Waals surface area (Å²) in [7, 11) is 0. The normalized spacial score (nSPS) is 13.5. The monoisotopic (exact) mass is 344 g/mol. The Kier molecular flexibility index (Phi) is 4.97. The Morgan fingerprint density at radius 3 is 2.53 bits per heavy atom. The molecule has 0 aliphatic carbocycles. The summed E-state index contributed by atoms with van der Waals surface area (Å²) < 4.78 is 36.6. The van der Waals surface area contributed by atoms with Crippen LogP contribution in [0.25, 0.3) is 0 Å². The standard InChI is InChI=1S/C10H8BrF3OS2/c1-5(15)9(11)7-4-6(2-3-8(7)16)17-10(12,13)14/h2-4,9,16H,1H3. The Labute approximate surface area is 115 Å². The van der Waals surface area contributed by atoms with E-state index in [2.05, 4.69) is 28.6 Å². The van der Waals surface area contributed by atoms with E-state index in [4.69, 9.17) is 0 Å². The van der Waals surface area contributed by atoms with Gasteiger partial charge in [0, 0.05) is 9.79 Å². The first-order valence-electron chi connectivity index (χ1n) is 4.44. The van der Waals surface area contributed by atoms with E-state index in [1.807, 2.05) is 0 Å². The second-order valence-electron chi connectivity index (χ2n) is 3.24. The van der Waals surface area contributed by atoms with Gasteiger partial charge in [-0.05, 0) is 42.4 Å². The summed E-state index contributed by atoms with van der Waals surface area (Å²) in [6.45, 7) is 1.36. The average molecular weight is 345 g/mol. The molecule has 7 heteroatoms. The molecule has 1 aromatic carbocycles. The van der Waals surface area contributed by atoms with Crippen LogP contribution < -0.4 is 0 Å². The molecule has 0 saturated carbocycles. The number of Topliss-reactive ketones (excluding diaryl/α,β-unsaturated/α-hetero) is 1. The van der Waals surface area contributed by atoms with Crippen molar-refractivity contribution in [2.75, 3.05) is 0 Å². The van der Waals surface area contributed by atoms with Crippen LogP contribution in [0.5, 0.6) is 0 Å². The van der Waals surface area contributed by atoms with Crippen LogP contribution in [0.1, 0.15) is 17.3 Å². The number of hydrogen-bond acceptors (Lipinski definition) is 3. The highest BCUT2D eigenvalue weighted by Gasteiger charge is 2.29. The van der Waals surface area contributed by atoms with E-state index >= 15 is 0 Å². The lowest BCUT2D eigenvalue weighted by atomic mass is 10.1. The fourth-order valence-electron chi connectivity index (χ4n) is 1.15. The van der Waals surface area contributed by atoms with E-state index in [9.17, 15) is 18.0 Å². The second-order valence-corrected chi connectivity index (χ2v) is 5.78. The van der Waals surface area contributed by atoms with Gasteiger partial charge in [-0.2, -0.15) is 13.2 Å². The molecule has 1 aromatic rings. The molecule has 17 heavy (non-hydrogen) atoms. The van der Waals surface area contributed by atoms with E-state index in [-0.39, 0.29) is 22.4 Å². The lowest BCUT2D eigenvalue weighted by Crippen LogP contribution is -2.03. The first-order chi connectivity index (χ1) is 7.70. The largest absolute Gasteiger partial charge is 0.446 e. The molecule has 94 valence electrons. The molecule has 1 nitrogen and oxygen atoms in total. The number of halogens is 4. The molecule has 0 fully saturated rings. The molecule has 0 bridgehead atoms. The van der Waals surface area contributed by atoms with Gasteiger partial charge >= 0.3 is 5.51 Å². The topological polar surface area (TPSA) is 17.1 Å². The van der Waals surface area contributed by atoms with Crippen molar-refractivity contribution in [3.05, 3.63) is 23.8 Å². The number of thioether (sulfide) groups is 1. The van der Waals surface area contributed by atoms with E-state index < -0.39 is 10.3 Å². The summed E-state index contributed by atoms with van der Waals surface area (Å²) in [4.78, 5) is 11.1. The van der Waals surface area contributed by atoms with Crippen molar-refractivity contribution in [3.8, 4) is 0 Å². The number of rotatable bonds is 3. The van der Waals surface area contributed by atoms with Crippen molar-refractivity contribution in [2.45, 2.75) is 27.1 Å². The first kappa shape index (κ1) is 14.9. The van der Waals surface area contributed by atoms with E-state index in [0.29, 0.717) is 10.5 Å². The molecule has 1 rings (SSSR count). The van der Waals surface area contributed by atoms with E-state index in [1.165, 1.54) is 25.1 Å². The zero-order chi connectivity index (χ0) is 13.2. The number of carbonyl (C=O) groups excluding carboxylic acids is 1. The highest BCUT2D eigenvalue weighted by Crippen LogP contribution is 2.39. The summed E-state index contributed by atoms with van der Waals surface area (Å²) in [5.74, 6) is -0.186. The Morgan fingerprint density at radius 2 is 2.06 bits per heavy atom. The average Bonchev–Trinajstić information content (AvgIpc) is 2.17. The highest BCUT2D eigenvalue weighted by molar-refractivity contribution is 9.09. The zero-order valence-electron chi connectivity index (χ0n) is 8.58. The third kappa shape index (κ3) is 4.56. The van der Waals surface area contributed by atoms with Gasteiger partial charge in [-0.15, -0.1) is 12.6 Å². The number of hydrogen-bond donors (Lipinski definition) is 1. The molecule has 0 amide bonds. The van der Waals surface area contributed by atoms with Crippen LogP contribution in [0, 0.1) is 0 Å². The van der Waals surface area contributed by atoms with Gasteiger partial charge in [-0.3, -0.25) is 4.79 Å². The molecular weight excluding hydrogens is 337 g/mol. The maximum absolute atomic E-state index is 12.2. The van der Waals surface area contributed by atoms with Crippen LogP contribution >= 0.6 is 40.3 Å². The van der Waals surface area contributed by atoms with Crippen molar-refractivity contribution < 1.29 is 18.0 Å². The third-order valence-electron chi connectivity index (χ3n) is 1.86. The second kappa shape index (κ2) is 5.67. The molecule has 0 saturated heterocycles. The summed E-state index contributed by atoms with van der Waals surface area (Å²) in [5, 5.41) is 0. The molecule has 0 N–H and O–H groups in total. The summed E-state index contributed by atoms with van der Waals surface area (Å²) >= 11 is 7.03. The van der Waals surface area contributed by atoms with Gasteiger partial charge < -0.3 is 0 Å². The quantitative estimate of drug-likeness (QED) is 0.489. The summed E-state index contributed by atoms with van der Waals surface area (Å²) in [6.07, 6.45) is 0. The number of alkyl halides is 4. The Balaban J connectivity index is 3.06. The molecular formula is C10H8BrF3OS2. The van der Waals surface area contributed by atoms with Crippen LogP contribution in [0.4, 0.5) is 13.2 Å². The third-order valence-corrected chi connectivity index (χ3v) is 4.13. The molecule has 1 atom stereocenters. The fourth-order valence-corrected chi connectivity index (χ4v) is 2.56. The predicted octanol–water partition coefficient (Wildman–Crippen LogP) is 4.61. The lowest BCUT2D eigenvalue weighted by Gasteiger charge is -2.12. The first-order valence-corrected chi connectivity index (χ1v) is 6.62. The van der Waals surface area contributed by atoms with Crippen LogP contribution in [0.15, 0.2) is 28.0 Å². The minimum atomic E-state index is -4.34. The maximum Gasteiger partial charge on any atom is 0.446 e. The van der Waals surface area contributed by atoms with Gasteiger partial charge in [0.1, 0.15) is 5.78 Å². The summed E-state index contributed by atoms with van der Waals surface area (Å²) in [5.41, 5.74) is -3.90. The van der Waals surface area contributed by atoms with E-state index in [0.717, 1.165) is 0 Å². The van der Waals surface area contributed by atoms with Gasteiger partial charge in [0.15, 0.2) is 0 Å². The Bertz CT molecular complexity index is 434. The molecule has 0 heterocycles.